The molecule has 178 valence electrons. The second-order valence-corrected chi connectivity index (χ2v) is 10.4. The van der Waals surface area contributed by atoms with Gasteiger partial charge >= 0.3 is 0 Å². The first-order valence-electron chi connectivity index (χ1n) is 10.2. The van der Waals surface area contributed by atoms with Gasteiger partial charge in [0, 0.05) is 18.6 Å². The maximum atomic E-state index is 14.5. The van der Waals surface area contributed by atoms with Gasteiger partial charge in [0.15, 0.2) is 0 Å². The zero-order chi connectivity index (χ0) is 24.9. The van der Waals surface area contributed by atoms with E-state index >= 15 is 0 Å². The number of hydrogen-bond acceptors (Lipinski definition) is 5. The molecule has 0 aliphatic heterocycles. The fourth-order valence-corrected chi connectivity index (χ4v) is 5.28. The first-order valence-corrected chi connectivity index (χ1v) is 12.5. The summed E-state index contributed by atoms with van der Waals surface area (Å²) in [6.07, 6.45) is 1.43. The van der Waals surface area contributed by atoms with Crippen LogP contribution in [0.25, 0.3) is 0 Å². The van der Waals surface area contributed by atoms with Crippen molar-refractivity contribution in [3.63, 3.8) is 0 Å². The molecular weight excluding hydrogens is 523 g/mol. The van der Waals surface area contributed by atoms with Crippen LogP contribution in [-0.4, -0.2) is 41.2 Å². The van der Waals surface area contributed by atoms with Crippen LogP contribution in [-0.2, 0) is 14.8 Å². The summed E-state index contributed by atoms with van der Waals surface area (Å²) in [4.78, 5) is 14.5. The van der Waals surface area contributed by atoms with E-state index in [2.05, 4.69) is 26.5 Å². The van der Waals surface area contributed by atoms with Crippen LogP contribution in [0, 0.1) is 12.7 Å². The third-order valence-electron chi connectivity index (χ3n) is 4.87. The lowest BCUT2D eigenvalue weighted by Gasteiger charge is -2.24. The van der Waals surface area contributed by atoms with E-state index in [1.54, 1.807) is 12.1 Å². The molecule has 0 fully saturated rings. The van der Waals surface area contributed by atoms with Crippen molar-refractivity contribution >= 4 is 49.4 Å². The number of rotatable bonds is 8. The minimum absolute atomic E-state index is 0.0523. The van der Waals surface area contributed by atoms with Crippen LogP contribution in [0.1, 0.15) is 11.1 Å². The largest absolute Gasteiger partial charge is 0.377 e. The van der Waals surface area contributed by atoms with Gasteiger partial charge in [0.1, 0.15) is 12.4 Å². The van der Waals surface area contributed by atoms with Crippen LogP contribution in [0.15, 0.2) is 81.2 Å². The highest BCUT2D eigenvalue weighted by molar-refractivity contribution is 9.10. The molecule has 3 aromatic carbocycles. The number of sulfonamides is 1. The first-order chi connectivity index (χ1) is 16.1. The highest BCUT2D eigenvalue weighted by Crippen LogP contribution is 2.27. The van der Waals surface area contributed by atoms with E-state index in [1.807, 2.05) is 44.1 Å². The Morgan fingerprint density at radius 1 is 1.06 bits per heavy atom. The predicted octanol–water partition coefficient (Wildman–Crippen LogP) is 4.31. The molecule has 0 saturated carbocycles. The lowest BCUT2D eigenvalue weighted by Crippen LogP contribution is -2.40. The summed E-state index contributed by atoms with van der Waals surface area (Å²) >= 11 is 3.48. The third-order valence-corrected chi connectivity index (χ3v) is 7.28. The second-order valence-electron chi connectivity index (χ2n) is 7.67. The Bertz CT molecular complexity index is 1310. The number of halogens is 2. The normalized spacial score (nSPS) is 11.4. The Morgan fingerprint density at radius 2 is 1.74 bits per heavy atom. The van der Waals surface area contributed by atoms with Crippen LogP contribution in [0.2, 0.25) is 0 Å². The maximum absolute atomic E-state index is 14.5. The monoisotopic (exact) mass is 546 g/mol. The Kier molecular flexibility index (Phi) is 8.06. The molecular formula is C24H24BrFN4O3S. The molecule has 1 amide bonds. The number of para-hydroxylation sites is 1. The van der Waals surface area contributed by atoms with Crippen LogP contribution in [0.3, 0.4) is 0 Å². The lowest BCUT2D eigenvalue weighted by molar-refractivity contribution is -0.119. The summed E-state index contributed by atoms with van der Waals surface area (Å²) in [5.74, 6) is -1.49. The van der Waals surface area contributed by atoms with Crippen molar-refractivity contribution < 1.29 is 17.6 Å². The van der Waals surface area contributed by atoms with E-state index in [4.69, 9.17) is 0 Å². The number of hydrogen-bond donors (Lipinski definition) is 1. The van der Waals surface area contributed by atoms with Gasteiger partial charge in [-0.05, 0) is 64.8 Å². The van der Waals surface area contributed by atoms with Gasteiger partial charge in [-0.1, -0.05) is 35.9 Å². The van der Waals surface area contributed by atoms with E-state index in [0.717, 1.165) is 31.7 Å². The van der Waals surface area contributed by atoms with Crippen LogP contribution in [0.5, 0.6) is 0 Å². The number of anilines is 2. The molecule has 0 aliphatic rings. The molecule has 0 aliphatic carbocycles. The zero-order valence-electron chi connectivity index (χ0n) is 18.9. The molecule has 7 nitrogen and oxygen atoms in total. The number of carbonyl (C=O) groups excluding carboxylic acids is 1. The molecule has 0 radical (unpaired) electrons. The molecule has 0 aromatic heterocycles. The van der Waals surface area contributed by atoms with Crippen molar-refractivity contribution in [3.8, 4) is 0 Å². The Balaban J connectivity index is 1.82. The van der Waals surface area contributed by atoms with E-state index in [-0.39, 0.29) is 10.6 Å². The molecule has 1 N–H and O–H groups in total. The fourth-order valence-electron chi connectivity index (χ4n) is 3.10. The quantitative estimate of drug-likeness (QED) is 0.337. The number of carbonyl (C=O) groups is 1. The second kappa shape index (κ2) is 10.8. The van der Waals surface area contributed by atoms with Gasteiger partial charge < -0.3 is 4.90 Å². The summed E-state index contributed by atoms with van der Waals surface area (Å²) in [7, 11) is -0.381. The number of benzene rings is 3. The van der Waals surface area contributed by atoms with Gasteiger partial charge in [0.05, 0.1) is 22.5 Å². The molecule has 0 heterocycles. The number of hydrazone groups is 1. The third kappa shape index (κ3) is 6.00. The van der Waals surface area contributed by atoms with Gasteiger partial charge in [0.2, 0.25) is 0 Å². The summed E-state index contributed by atoms with van der Waals surface area (Å²) in [5.41, 5.74) is 4.65. The van der Waals surface area contributed by atoms with Crippen molar-refractivity contribution in [2.24, 2.45) is 5.10 Å². The van der Waals surface area contributed by atoms with Crippen LogP contribution < -0.4 is 14.6 Å². The Morgan fingerprint density at radius 3 is 2.35 bits per heavy atom. The van der Waals surface area contributed by atoms with Crippen molar-refractivity contribution in [2.45, 2.75) is 11.8 Å². The zero-order valence-corrected chi connectivity index (χ0v) is 21.3. The van der Waals surface area contributed by atoms with Crippen LogP contribution >= 0.6 is 15.9 Å². The molecule has 34 heavy (non-hydrogen) atoms. The topological polar surface area (TPSA) is 82.1 Å². The van der Waals surface area contributed by atoms with E-state index in [9.17, 15) is 17.6 Å². The molecule has 0 saturated heterocycles. The van der Waals surface area contributed by atoms with E-state index in [0.29, 0.717) is 0 Å². The molecule has 3 rings (SSSR count). The van der Waals surface area contributed by atoms with Gasteiger partial charge in [-0.3, -0.25) is 9.10 Å². The van der Waals surface area contributed by atoms with Crippen LogP contribution in [0.4, 0.5) is 15.8 Å². The molecule has 0 bridgehead atoms. The van der Waals surface area contributed by atoms with Crippen molar-refractivity contribution in [1.29, 1.82) is 0 Å². The predicted molar refractivity (Wildman–Crippen MR) is 136 cm³/mol. The summed E-state index contributed by atoms with van der Waals surface area (Å²) in [6, 6.07) is 17.0. The smallest absolute Gasteiger partial charge is 0.264 e. The number of nitrogens with zero attached hydrogens (tertiary/aromatic N) is 3. The number of nitrogens with one attached hydrogen (secondary N) is 1. The highest BCUT2D eigenvalue weighted by Gasteiger charge is 2.29. The van der Waals surface area contributed by atoms with Gasteiger partial charge in [-0.2, -0.15) is 5.10 Å². The van der Waals surface area contributed by atoms with E-state index in [1.165, 1.54) is 36.5 Å². The molecule has 0 unspecified atom stereocenters. The van der Waals surface area contributed by atoms with Crippen molar-refractivity contribution in [1.82, 2.24) is 5.43 Å². The van der Waals surface area contributed by atoms with Crippen molar-refractivity contribution in [3.05, 3.63) is 88.1 Å². The minimum Gasteiger partial charge on any atom is -0.377 e. The van der Waals surface area contributed by atoms with Gasteiger partial charge in [0.25, 0.3) is 15.9 Å². The van der Waals surface area contributed by atoms with Gasteiger partial charge in [-0.25, -0.2) is 18.2 Å². The summed E-state index contributed by atoms with van der Waals surface area (Å²) in [6.45, 7) is 1.17. The van der Waals surface area contributed by atoms with E-state index < -0.39 is 28.3 Å². The average molecular weight is 547 g/mol. The number of aryl methyl sites for hydroxylation is 1. The maximum Gasteiger partial charge on any atom is 0.264 e. The molecule has 0 atom stereocenters. The molecule has 10 heteroatoms. The first kappa shape index (κ1) is 25.4. The minimum atomic E-state index is -4.21. The van der Waals surface area contributed by atoms with Gasteiger partial charge in [-0.15, -0.1) is 0 Å². The molecule has 0 spiro atoms. The summed E-state index contributed by atoms with van der Waals surface area (Å²) < 4.78 is 42.7. The average Bonchev–Trinajstić information content (AvgIpc) is 2.78. The lowest BCUT2D eigenvalue weighted by atomic mass is 10.2. The Hall–Kier alpha value is -3.24. The number of amides is 1. The Labute approximate surface area is 207 Å². The van der Waals surface area contributed by atoms with Crippen molar-refractivity contribution in [2.75, 3.05) is 29.8 Å². The summed E-state index contributed by atoms with van der Waals surface area (Å²) in [5, 5.41) is 3.92. The standard InChI is InChI=1S/C24H24BrFN4O3S/c1-17-8-11-19(12-9-17)34(32,33)30(23-7-5-4-6-21(23)26)16-24(31)28-27-15-18-10-13-22(29(2)3)20(25)14-18/h4-15H,16H2,1-3H3,(H,28,31)/b27-15-. The highest BCUT2D eigenvalue weighted by atomic mass is 79.9. The SMILES string of the molecule is Cc1ccc(S(=O)(=O)N(CC(=O)N/N=C\c2ccc(N(C)C)c(Br)c2)c2ccccc2F)cc1. The fraction of sp³-hybridized carbons (Fsp3) is 0.167. The molecule has 3 aromatic rings.